The van der Waals surface area contributed by atoms with Crippen LogP contribution >= 0.6 is 11.3 Å². The molecule has 1 aromatic carbocycles. The van der Waals surface area contributed by atoms with Gasteiger partial charge in [-0.1, -0.05) is 12.1 Å². The van der Waals surface area contributed by atoms with Crippen LogP contribution in [0.3, 0.4) is 0 Å². The zero-order valence-corrected chi connectivity index (χ0v) is 11.5. The minimum atomic E-state index is -4.51. The van der Waals surface area contributed by atoms with Gasteiger partial charge in [0, 0.05) is 6.20 Å². The minimum absolute atomic E-state index is 0.123. The normalized spacial score (nSPS) is 14.9. The van der Waals surface area contributed by atoms with Crippen LogP contribution in [0.1, 0.15) is 22.4 Å². The first kappa shape index (κ1) is 14.8. The second-order valence-corrected chi connectivity index (χ2v) is 5.36. The van der Waals surface area contributed by atoms with Crippen molar-refractivity contribution in [3.8, 4) is 5.75 Å². The van der Waals surface area contributed by atoms with Crippen LogP contribution in [0.5, 0.6) is 5.75 Å². The number of alkyl halides is 3. The van der Waals surface area contributed by atoms with Gasteiger partial charge in [0.15, 0.2) is 5.01 Å². The van der Waals surface area contributed by atoms with Crippen molar-refractivity contribution in [2.75, 3.05) is 7.11 Å². The lowest BCUT2D eigenvalue weighted by Gasteiger charge is -2.22. The Kier molecular flexibility index (Phi) is 3.75. The van der Waals surface area contributed by atoms with E-state index in [4.69, 9.17) is 4.74 Å². The van der Waals surface area contributed by atoms with Gasteiger partial charge in [0.25, 0.3) is 0 Å². The zero-order chi connectivity index (χ0) is 15.0. The second kappa shape index (κ2) is 5.06. The monoisotopic (exact) mass is 303 g/mol. The summed E-state index contributed by atoms with van der Waals surface area (Å²) in [6.45, 7) is 1.43. The summed E-state index contributed by atoms with van der Waals surface area (Å²) in [5.74, 6) is 0.517. The highest BCUT2D eigenvalue weighted by Crippen LogP contribution is 2.39. The summed E-state index contributed by atoms with van der Waals surface area (Å²) in [6.07, 6.45) is -3.46. The van der Waals surface area contributed by atoms with Crippen LogP contribution in [0.2, 0.25) is 0 Å². The van der Waals surface area contributed by atoms with Gasteiger partial charge in [0.05, 0.1) is 12.0 Å². The predicted molar refractivity (Wildman–Crippen MR) is 68.8 cm³/mol. The van der Waals surface area contributed by atoms with Gasteiger partial charge in [0.2, 0.25) is 0 Å². The third-order valence-electron chi connectivity index (χ3n) is 2.86. The molecule has 1 atom stereocenters. The van der Waals surface area contributed by atoms with Crippen molar-refractivity contribution in [2.45, 2.75) is 18.7 Å². The van der Waals surface area contributed by atoms with Gasteiger partial charge in [-0.3, -0.25) is 0 Å². The maximum atomic E-state index is 12.6. The standard InChI is InChI=1S/C13H12F3NO2S/c1-12(18,8-4-3-5-9(6-8)19-2)10-7-17-11(20-10)13(14,15)16/h3-7,18H,1-2H3. The topological polar surface area (TPSA) is 42.4 Å². The Labute approximate surface area is 117 Å². The SMILES string of the molecule is COc1cccc(C(C)(O)c2cnc(C(F)(F)F)s2)c1. The molecular formula is C13H12F3NO2S. The summed E-state index contributed by atoms with van der Waals surface area (Å²) in [7, 11) is 1.47. The molecule has 0 aliphatic carbocycles. The van der Waals surface area contributed by atoms with E-state index in [1.54, 1.807) is 24.3 Å². The molecule has 0 fully saturated rings. The molecule has 108 valence electrons. The maximum absolute atomic E-state index is 12.6. The number of halogens is 3. The van der Waals surface area contributed by atoms with E-state index in [-0.39, 0.29) is 4.88 Å². The fraction of sp³-hybridized carbons (Fsp3) is 0.308. The molecular weight excluding hydrogens is 291 g/mol. The lowest BCUT2D eigenvalue weighted by Crippen LogP contribution is -2.21. The van der Waals surface area contributed by atoms with Crippen molar-refractivity contribution in [2.24, 2.45) is 0 Å². The molecule has 2 rings (SSSR count). The molecule has 0 amide bonds. The van der Waals surface area contributed by atoms with Crippen LogP contribution in [-0.4, -0.2) is 17.2 Å². The van der Waals surface area contributed by atoms with Crippen LogP contribution < -0.4 is 4.74 Å². The number of hydrogen-bond donors (Lipinski definition) is 1. The average molecular weight is 303 g/mol. The predicted octanol–water partition coefficient (Wildman–Crippen LogP) is 3.43. The Morgan fingerprint density at radius 2 is 2.00 bits per heavy atom. The summed E-state index contributed by atoms with van der Waals surface area (Å²) >= 11 is 0.428. The van der Waals surface area contributed by atoms with E-state index in [1.165, 1.54) is 14.0 Å². The quantitative estimate of drug-likeness (QED) is 0.944. The number of aromatic nitrogens is 1. The Morgan fingerprint density at radius 1 is 1.30 bits per heavy atom. The molecule has 0 spiro atoms. The molecule has 1 N–H and O–H groups in total. The first-order valence-electron chi connectivity index (χ1n) is 5.65. The molecule has 3 nitrogen and oxygen atoms in total. The maximum Gasteiger partial charge on any atom is 0.443 e. The number of benzene rings is 1. The number of nitrogens with zero attached hydrogens (tertiary/aromatic N) is 1. The first-order valence-corrected chi connectivity index (χ1v) is 6.47. The molecule has 1 heterocycles. The molecule has 0 aliphatic heterocycles. The third-order valence-corrected chi connectivity index (χ3v) is 4.11. The van der Waals surface area contributed by atoms with Crippen LogP contribution in [0, 0.1) is 0 Å². The van der Waals surface area contributed by atoms with Crippen LogP contribution in [0.4, 0.5) is 13.2 Å². The van der Waals surface area contributed by atoms with Crippen molar-refractivity contribution in [1.82, 2.24) is 4.98 Å². The first-order chi connectivity index (χ1) is 9.25. The van der Waals surface area contributed by atoms with Crippen molar-refractivity contribution in [3.63, 3.8) is 0 Å². The third kappa shape index (κ3) is 2.78. The van der Waals surface area contributed by atoms with Crippen molar-refractivity contribution >= 4 is 11.3 Å². The Bertz CT molecular complexity index is 608. The van der Waals surface area contributed by atoms with Gasteiger partial charge in [0.1, 0.15) is 11.4 Å². The average Bonchev–Trinajstić information content (AvgIpc) is 2.89. The van der Waals surface area contributed by atoms with Gasteiger partial charge in [-0.2, -0.15) is 13.2 Å². The Morgan fingerprint density at radius 3 is 2.55 bits per heavy atom. The van der Waals surface area contributed by atoms with Crippen LogP contribution in [0.25, 0.3) is 0 Å². The number of hydrogen-bond acceptors (Lipinski definition) is 4. The molecule has 1 unspecified atom stereocenters. The number of methoxy groups -OCH3 is 1. The number of thiazole rings is 1. The fourth-order valence-corrected chi connectivity index (χ4v) is 2.55. The molecule has 20 heavy (non-hydrogen) atoms. The Hall–Kier alpha value is -1.60. The van der Waals surface area contributed by atoms with Crippen molar-refractivity contribution in [3.05, 3.63) is 45.9 Å². The highest BCUT2D eigenvalue weighted by molar-refractivity contribution is 7.11. The minimum Gasteiger partial charge on any atom is -0.497 e. The van der Waals surface area contributed by atoms with Gasteiger partial charge in [-0.05, 0) is 24.6 Å². The van der Waals surface area contributed by atoms with E-state index in [9.17, 15) is 18.3 Å². The molecule has 1 aromatic heterocycles. The molecule has 2 aromatic rings. The molecule has 0 radical (unpaired) electrons. The summed E-state index contributed by atoms with van der Waals surface area (Å²) in [5.41, 5.74) is -1.12. The molecule has 7 heteroatoms. The smallest absolute Gasteiger partial charge is 0.443 e. The van der Waals surface area contributed by atoms with E-state index in [2.05, 4.69) is 4.98 Å². The van der Waals surface area contributed by atoms with Gasteiger partial charge < -0.3 is 9.84 Å². The van der Waals surface area contributed by atoms with E-state index < -0.39 is 16.8 Å². The number of ether oxygens (including phenoxy) is 1. The molecule has 0 saturated heterocycles. The van der Waals surface area contributed by atoms with E-state index >= 15 is 0 Å². The fourth-order valence-electron chi connectivity index (χ4n) is 1.70. The zero-order valence-electron chi connectivity index (χ0n) is 10.7. The van der Waals surface area contributed by atoms with Gasteiger partial charge in [-0.25, -0.2) is 4.98 Å². The largest absolute Gasteiger partial charge is 0.497 e. The number of rotatable bonds is 3. The lowest BCUT2D eigenvalue weighted by molar-refractivity contribution is -0.137. The highest BCUT2D eigenvalue weighted by atomic mass is 32.1. The molecule has 0 saturated carbocycles. The molecule has 0 bridgehead atoms. The van der Waals surface area contributed by atoms with E-state index in [0.29, 0.717) is 22.6 Å². The van der Waals surface area contributed by atoms with Gasteiger partial charge >= 0.3 is 6.18 Å². The van der Waals surface area contributed by atoms with Gasteiger partial charge in [-0.15, -0.1) is 11.3 Å². The van der Waals surface area contributed by atoms with Crippen molar-refractivity contribution < 1.29 is 23.0 Å². The van der Waals surface area contributed by atoms with E-state index in [1.807, 2.05) is 0 Å². The van der Waals surface area contributed by atoms with Crippen LogP contribution in [-0.2, 0) is 11.8 Å². The summed E-state index contributed by atoms with van der Waals surface area (Å²) in [5, 5.41) is 9.53. The summed E-state index contributed by atoms with van der Waals surface area (Å²) < 4.78 is 42.7. The lowest BCUT2D eigenvalue weighted by atomic mass is 9.95. The summed E-state index contributed by atoms with van der Waals surface area (Å²) in [6, 6.07) is 6.55. The van der Waals surface area contributed by atoms with E-state index in [0.717, 1.165) is 6.20 Å². The highest BCUT2D eigenvalue weighted by Gasteiger charge is 2.37. The van der Waals surface area contributed by atoms with Crippen molar-refractivity contribution in [1.29, 1.82) is 0 Å². The van der Waals surface area contributed by atoms with Crippen LogP contribution in [0.15, 0.2) is 30.5 Å². The Balaban J connectivity index is 2.41. The second-order valence-electron chi connectivity index (χ2n) is 4.33. The number of aliphatic hydroxyl groups is 1. The summed E-state index contributed by atoms with van der Waals surface area (Å²) in [4.78, 5) is 3.45. The molecule has 0 aliphatic rings.